The van der Waals surface area contributed by atoms with E-state index in [2.05, 4.69) is 16.1 Å². The van der Waals surface area contributed by atoms with E-state index in [-0.39, 0.29) is 13.2 Å². The number of aliphatic hydroxyl groups is 5. The van der Waals surface area contributed by atoms with Gasteiger partial charge in [0, 0.05) is 6.08 Å². The highest BCUT2D eigenvalue weighted by Gasteiger charge is 2.35. The fourth-order valence-electron chi connectivity index (χ4n) is 1.09. The van der Waals surface area contributed by atoms with Crippen LogP contribution in [0.15, 0.2) is 12.7 Å². The van der Waals surface area contributed by atoms with Crippen molar-refractivity contribution in [3.63, 3.8) is 0 Å². The molecule has 9 heteroatoms. The summed E-state index contributed by atoms with van der Waals surface area (Å²) in [6.45, 7) is 1.63. The molecule has 0 aromatic rings. The summed E-state index contributed by atoms with van der Waals surface area (Å²) in [4.78, 5) is 21.9. The van der Waals surface area contributed by atoms with E-state index in [0.29, 0.717) is 0 Å². The van der Waals surface area contributed by atoms with Gasteiger partial charge < -0.3 is 35.0 Å². The van der Waals surface area contributed by atoms with E-state index in [1.807, 2.05) is 0 Å². The summed E-state index contributed by atoms with van der Waals surface area (Å²) in [7, 11) is 0. The largest absolute Gasteiger partial charge is 0.460 e. The summed E-state index contributed by atoms with van der Waals surface area (Å²) < 4.78 is 8.95. The van der Waals surface area contributed by atoms with Crippen LogP contribution in [0.4, 0.5) is 0 Å². The van der Waals surface area contributed by atoms with Crippen molar-refractivity contribution in [3.8, 4) is 0 Å². The van der Waals surface area contributed by atoms with Crippen LogP contribution in [-0.4, -0.2) is 81.7 Å². The second-order valence-corrected chi connectivity index (χ2v) is 3.72. The van der Waals surface area contributed by atoms with Crippen molar-refractivity contribution in [1.29, 1.82) is 0 Å². The van der Waals surface area contributed by atoms with Gasteiger partial charge in [0.2, 0.25) is 0 Å². The standard InChI is InChI=1S/C11H18O9/c1-2-7(14)19-3-4-20-11(18)10(17)9(16)8(15)6(13)5-12/h2,6,8-10,12-13,15-17H,1,3-5H2. The van der Waals surface area contributed by atoms with E-state index in [0.717, 1.165) is 6.08 Å². The molecule has 4 unspecified atom stereocenters. The minimum Gasteiger partial charge on any atom is -0.460 e. The highest BCUT2D eigenvalue weighted by Crippen LogP contribution is 2.06. The summed E-state index contributed by atoms with van der Waals surface area (Å²) in [5.74, 6) is -2.00. The molecule has 0 rings (SSSR count). The fourth-order valence-corrected chi connectivity index (χ4v) is 1.09. The van der Waals surface area contributed by atoms with Gasteiger partial charge in [0.1, 0.15) is 31.5 Å². The molecular weight excluding hydrogens is 276 g/mol. The maximum atomic E-state index is 11.3. The molecule has 0 heterocycles. The minimum atomic E-state index is -2.12. The first-order chi connectivity index (χ1) is 9.34. The van der Waals surface area contributed by atoms with Gasteiger partial charge in [0.05, 0.1) is 6.61 Å². The number of esters is 2. The summed E-state index contributed by atoms with van der Waals surface area (Å²) in [5.41, 5.74) is 0. The summed E-state index contributed by atoms with van der Waals surface area (Å²) in [5, 5.41) is 45.6. The third-order valence-electron chi connectivity index (χ3n) is 2.23. The Morgan fingerprint density at radius 2 is 1.60 bits per heavy atom. The average molecular weight is 294 g/mol. The molecule has 5 N–H and O–H groups in total. The van der Waals surface area contributed by atoms with Crippen LogP contribution >= 0.6 is 0 Å². The molecule has 0 bridgehead atoms. The predicted octanol–water partition coefficient (Wildman–Crippen LogP) is -3.31. The first-order valence-corrected chi connectivity index (χ1v) is 5.64. The first kappa shape index (κ1) is 18.5. The van der Waals surface area contributed by atoms with E-state index in [1.165, 1.54) is 0 Å². The fraction of sp³-hybridized carbons (Fsp3) is 0.636. The maximum absolute atomic E-state index is 11.3. The lowest BCUT2D eigenvalue weighted by Gasteiger charge is -2.24. The molecule has 0 aliphatic heterocycles. The number of rotatable bonds is 9. The summed E-state index contributed by atoms with van der Waals surface area (Å²) in [6, 6.07) is 0. The van der Waals surface area contributed by atoms with Crippen molar-refractivity contribution in [2.45, 2.75) is 24.4 Å². The van der Waals surface area contributed by atoms with E-state index in [4.69, 9.17) is 10.2 Å². The normalized spacial score (nSPS) is 16.6. The van der Waals surface area contributed by atoms with Crippen molar-refractivity contribution in [2.24, 2.45) is 0 Å². The van der Waals surface area contributed by atoms with Crippen LogP contribution in [0.3, 0.4) is 0 Å². The third-order valence-corrected chi connectivity index (χ3v) is 2.23. The molecule has 9 nitrogen and oxygen atoms in total. The molecule has 20 heavy (non-hydrogen) atoms. The van der Waals surface area contributed by atoms with Gasteiger partial charge in [0.25, 0.3) is 0 Å². The maximum Gasteiger partial charge on any atom is 0.337 e. The molecule has 0 saturated carbocycles. The summed E-state index contributed by atoms with van der Waals surface area (Å²) in [6.07, 6.45) is -6.91. The minimum absolute atomic E-state index is 0.277. The Bertz CT molecular complexity index is 330. The number of ether oxygens (including phenoxy) is 2. The highest BCUT2D eigenvalue weighted by molar-refractivity contribution is 5.81. The molecule has 0 saturated heterocycles. The van der Waals surface area contributed by atoms with Crippen LogP contribution in [-0.2, 0) is 19.1 Å². The zero-order valence-corrected chi connectivity index (χ0v) is 10.6. The van der Waals surface area contributed by atoms with Gasteiger partial charge in [-0.2, -0.15) is 0 Å². The molecule has 0 radical (unpaired) electrons. The van der Waals surface area contributed by atoms with Gasteiger partial charge in [-0.05, 0) is 0 Å². The van der Waals surface area contributed by atoms with Crippen molar-refractivity contribution in [2.75, 3.05) is 19.8 Å². The predicted molar refractivity (Wildman–Crippen MR) is 63.2 cm³/mol. The van der Waals surface area contributed by atoms with Crippen LogP contribution < -0.4 is 0 Å². The lowest BCUT2D eigenvalue weighted by molar-refractivity contribution is -0.172. The van der Waals surface area contributed by atoms with Crippen LogP contribution in [0.5, 0.6) is 0 Å². The first-order valence-electron chi connectivity index (χ1n) is 5.64. The Labute approximate surface area is 114 Å². The van der Waals surface area contributed by atoms with E-state index in [9.17, 15) is 24.9 Å². The van der Waals surface area contributed by atoms with Gasteiger partial charge in [-0.1, -0.05) is 6.58 Å². The topological polar surface area (TPSA) is 154 Å². The molecule has 0 amide bonds. The lowest BCUT2D eigenvalue weighted by atomic mass is 10.0. The van der Waals surface area contributed by atoms with Gasteiger partial charge in [-0.15, -0.1) is 0 Å². The molecular formula is C11H18O9. The molecule has 0 aromatic carbocycles. The van der Waals surface area contributed by atoms with Crippen LogP contribution in [0.2, 0.25) is 0 Å². The van der Waals surface area contributed by atoms with Crippen molar-refractivity contribution in [1.82, 2.24) is 0 Å². The van der Waals surface area contributed by atoms with E-state index < -0.39 is 43.0 Å². The zero-order chi connectivity index (χ0) is 15.7. The quantitative estimate of drug-likeness (QED) is 0.167. The molecule has 0 aromatic heterocycles. The van der Waals surface area contributed by atoms with Crippen molar-refractivity contribution in [3.05, 3.63) is 12.7 Å². The van der Waals surface area contributed by atoms with Gasteiger partial charge in [-0.3, -0.25) is 0 Å². The Kier molecular flexibility index (Phi) is 8.68. The van der Waals surface area contributed by atoms with E-state index >= 15 is 0 Å². The van der Waals surface area contributed by atoms with Gasteiger partial charge in [0.15, 0.2) is 6.10 Å². The molecule has 0 aliphatic carbocycles. The third kappa shape index (κ3) is 6.08. The smallest absolute Gasteiger partial charge is 0.337 e. The molecule has 0 spiro atoms. The van der Waals surface area contributed by atoms with Crippen LogP contribution in [0.1, 0.15) is 0 Å². The Morgan fingerprint density at radius 1 is 1.05 bits per heavy atom. The average Bonchev–Trinajstić information content (AvgIpc) is 2.47. The van der Waals surface area contributed by atoms with Crippen molar-refractivity contribution < 1.29 is 44.6 Å². The number of hydrogen-bond donors (Lipinski definition) is 5. The van der Waals surface area contributed by atoms with Crippen LogP contribution in [0, 0.1) is 0 Å². The number of carbonyl (C=O) groups is 2. The molecule has 0 aliphatic rings. The molecule has 4 atom stereocenters. The monoisotopic (exact) mass is 294 g/mol. The highest BCUT2D eigenvalue weighted by atomic mass is 16.6. The molecule has 0 fully saturated rings. The zero-order valence-electron chi connectivity index (χ0n) is 10.6. The lowest BCUT2D eigenvalue weighted by Crippen LogP contribution is -2.49. The SMILES string of the molecule is C=CC(=O)OCCOC(=O)C(O)C(O)C(O)C(O)CO. The number of aliphatic hydroxyl groups excluding tert-OH is 5. The Balaban J connectivity index is 4.14. The number of carbonyl (C=O) groups excluding carboxylic acids is 2. The van der Waals surface area contributed by atoms with Crippen molar-refractivity contribution >= 4 is 11.9 Å². The van der Waals surface area contributed by atoms with E-state index in [1.54, 1.807) is 0 Å². The molecule has 116 valence electrons. The van der Waals surface area contributed by atoms with Gasteiger partial charge >= 0.3 is 11.9 Å². The number of hydrogen-bond acceptors (Lipinski definition) is 9. The summed E-state index contributed by atoms with van der Waals surface area (Å²) >= 11 is 0. The Morgan fingerprint density at radius 3 is 2.10 bits per heavy atom. The van der Waals surface area contributed by atoms with Gasteiger partial charge in [-0.25, -0.2) is 9.59 Å². The van der Waals surface area contributed by atoms with Crippen LogP contribution in [0.25, 0.3) is 0 Å². The Hall–Kier alpha value is -1.52. The second kappa shape index (κ2) is 9.39. The second-order valence-electron chi connectivity index (χ2n) is 3.72.